The summed E-state index contributed by atoms with van der Waals surface area (Å²) in [6, 6.07) is 2.50. The van der Waals surface area contributed by atoms with E-state index < -0.39 is 76.5 Å². The summed E-state index contributed by atoms with van der Waals surface area (Å²) < 4.78 is 62.3. The molecule has 2 N–H and O–H groups in total. The summed E-state index contributed by atoms with van der Waals surface area (Å²) in [5.41, 5.74) is -3.95. The van der Waals surface area contributed by atoms with Crippen LogP contribution < -0.4 is 0 Å². The number of fused-ring (bicyclic) bond motifs is 4. The summed E-state index contributed by atoms with van der Waals surface area (Å²) in [4.78, 5) is 0. The molecule has 0 amide bonds. The molecule has 3 aliphatic heterocycles. The van der Waals surface area contributed by atoms with Crippen molar-refractivity contribution < 1.29 is 57.6 Å². The van der Waals surface area contributed by atoms with Crippen molar-refractivity contribution in [3.05, 3.63) is 0 Å². The highest BCUT2D eigenvalue weighted by Crippen LogP contribution is 2.71. The Hall–Kier alpha value is -0.990. The maximum absolute atomic E-state index is 13.1. The molecule has 4 aliphatic carbocycles. The van der Waals surface area contributed by atoms with Gasteiger partial charge in [0.05, 0.1) is 59.6 Å². The van der Waals surface area contributed by atoms with Crippen LogP contribution in [0.25, 0.3) is 0 Å². The first-order chi connectivity index (χ1) is 23.1. The normalized spacial score (nSPS) is 52.6. The molecule has 278 valence electrons. The zero-order chi connectivity index (χ0) is 35.2. The molecule has 3 saturated heterocycles. The van der Waals surface area contributed by atoms with Gasteiger partial charge in [0.25, 0.3) is 0 Å². The van der Waals surface area contributed by atoms with Crippen LogP contribution in [0.5, 0.6) is 0 Å². The highest BCUT2D eigenvalue weighted by atomic mass is 16.8. The average molecular weight is 696 g/mol. The summed E-state index contributed by atoms with van der Waals surface area (Å²) in [5.74, 6) is -2.63. The van der Waals surface area contributed by atoms with Crippen molar-refractivity contribution in [1.82, 2.24) is 0 Å². The van der Waals surface area contributed by atoms with E-state index in [1.54, 1.807) is 14.2 Å². The third kappa shape index (κ3) is 5.55. The Bertz CT molecular complexity index is 1280. The Morgan fingerprint density at radius 1 is 0.878 bits per heavy atom. The molecular weight excluding hydrogens is 638 g/mol. The standard InChI is InChI=1S/C36H57NO12/c1-20-27(43-19-41-8)28-29(49-32(4,5)48-28)30(45-20)46-22-13-25-35(17-44-31(2,3)47-25)26-23(10-11-34(35,38)14-22)36(39)12-9-21(16-37)33(36,6)15-24(26)42-18-40-7/h20-30,38-39H,9-15,17-19H2,1-8H3/t20-,21+,22-,23+,24+,25+,26+,27-,28+,29+,30-,33+,34-,35+,36-/m0/s1. The van der Waals surface area contributed by atoms with Crippen LogP contribution in [-0.2, 0) is 47.4 Å². The van der Waals surface area contributed by atoms with E-state index >= 15 is 0 Å². The molecule has 7 aliphatic rings. The fourth-order valence-electron chi connectivity index (χ4n) is 11.4. The SMILES string of the molecule is COCO[C@@H]1[C@H]2OC(C)(C)O[C@H]2[C@H](O[C@H]2C[C@H]3OC(C)(C)OC[C@]34[C@@H]3[C@@H](CC[C@]4(O)C2)[C@@]2(O)CC[C@H](C#N)[C@@]2(C)C[C@H]3OCOC)O[C@H]1C. The first-order valence-corrected chi connectivity index (χ1v) is 18.1. The van der Waals surface area contributed by atoms with Crippen molar-refractivity contribution in [1.29, 1.82) is 5.26 Å². The third-order valence-corrected chi connectivity index (χ3v) is 13.5. The number of hydrogen-bond donors (Lipinski definition) is 2. The Balaban J connectivity index is 1.22. The molecule has 0 aromatic carbocycles. The zero-order valence-corrected chi connectivity index (χ0v) is 30.3. The number of ether oxygens (including phenoxy) is 10. The second-order valence-corrected chi connectivity index (χ2v) is 16.9. The first-order valence-electron chi connectivity index (χ1n) is 18.1. The number of aliphatic hydroxyl groups is 2. The highest BCUT2D eigenvalue weighted by molar-refractivity contribution is 5.26. The molecule has 0 aromatic heterocycles. The van der Waals surface area contributed by atoms with Crippen molar-refractivity contribution in [2.75, 3.05) is 34.4 Å². The average Bonchev–Trinajstić information content (AvgIpc) is 3.49. The van der Waals surface area contributed by atoms with Gasteiger partial charge in [-0.15, -0.1) is 0 Å². The van der Waals surface area contributed by atoms with Gasteiger partial charge in [-0.1, -0.05) is 6.92 Å². The molecule has 1 spiro atoms. The van der Waals surface area contributed by atoms with E-state index in [-0.39, 0.29) is 44.1 Å². The van der Waals surface area contributed by atoms with Gasteiger partial charge in [-0.25, -0.2) is 0 Å². The molecule has 13 heteroatoms. The molecule has 13 nitrogen and oxygen atoms in total. The molecule has 7 fully saturated rings. The smallest absolute Gasteiger partial charge is 0.187 e. The maximum atomic E-state index is 13.1. The van der Waals surface area contributed by atoms with Crippen LogP contribution >= 0.6 is 0 Å². The molecule has 3 heterocycles. The Labute approximate surface area is 290 Å². The second-order valence-electron chi connectivity index (χ2n) is 16.9. The van der Waals surface area contributed by atoms with E-state index in [1.807, 2.05) is 41.5 Å². The van der Waals surface area contributed by atoms with Crippen molar-refractivity contribution in [3.8, 4) is 6.07 Å². The predicted octanol–water partition coefficient (Wildman–Crippen LogP) is 3.38. The van der Waals surface area contributed by atoms with Gasteiger partial charge in [-0.3, -0.25) is 0 Å². The number of nitriles is 1. The monoisotopic (exact) mass is 695 g/mol. The summed E-state index contributed by atoms with van der Waals surface area (Å²) >= 11 is 0. The summed E-state index contributed by atoms with van der Waals surface area (Å²) in [5, 5.41) is 35.9. The van der Waals surface area contributed by atoms with Crippen molar-refractivity contribution in [2.45, 2.75) is 158 Å². The summed E-state index contributed by atoms with van der Waals surface area (Å²) in [6.07, 6.45) is -0.538. The van der Waals surface area contributed by atoms with Crippen LogP contribution in [0.4, 0.5) is 0 Å². The molecule has 0 aromatic rings. The Morgan fingerprint density at radius 2 is 1.59 bits per heavy atom. The maximum Gasteiger partial charge on any atom is 0.187 e. The van der Waals surface area contributed by atoms with E-state index in [0.717, 1.165) is 0 Å². The van der Waals surface area contributed by atoms with Gasteiger partial charge in [0.1, 0.15) is 31.9 Å². The van der Waals surface area contributed by atoms with Gasteiger partial charge in [0.2, 0.25) is 0 Å². The van der Waals surface area contributed by atoms with Crippen molar-refractivity contribution in [2.24, 2.45) is 28.6 Å². The number of methoxy groups -OCH3 is 2. The van der Waals surface area contributed by atoms with E-state index in [0.29, 0.717) is 44.9 Å². The van der Waals surface area contributed by atoms with E-state index in [2.05, 4.69) is 6.07 Å². The topological polar surface area (TPSA) is 157 Å². The lowest BCUT2D eigenvalue weighted by Crippen LogP contribution is -2.78. The minimum absolute atomic E-state index is 0.0605. The van der Waals surface area contributed by atoms with Gasteiger partial charge in [0.15, 0.2) is 17.9 Å². The largest absolute Gasteiger partial charge is 0.389 e. The third-order valence-electron chi connectivity index (χ3n) is 13.5. The minimum Gasteiger partial charge on any atom is -0.389 e. The van der Waals surface area contributed by atoms with Crippen LogP contribution in [0.3, 0.4) is 0 Å². The second kappa shape index (κ2) is 12.6. The molecule has 0 unspecified atom stereocenters. The molecule has 49 heavy (non-hydrogen) atoms. The fourth-order valence-corrected chi connectivity index (χ4v) is 11.4. The van der Waals surface area contributed by atoms with Gasteiger partial charge in [0, 0.05) is 38.4 Å². The van der Waals surface area contributed by atoms with Crippen LogP contribution in [0.1, 0.15) is 86.5 Å². The Morgan fingerprint density at radius 3 is 2.31 bits per heavy atom. The summed E-state index contributed by atoms with van der Waals surface area (Å²) in [6.45, 7) is 11.9. The lowest BCUT2D eigenvalue weighted by atomic mass is 9.40. The van der Waals surface area contributed by atoms with Crippen LogP contribution in [-0.4, -0.2) is 116 Å². The predicted molar refractivity (Wildman–Crippen MR) is 170 cm³/mol. The van der Waals surface area contributed by atoms with E-state index in [9.17, 15) is 15.5 Å². The molecule has 0 bridgehead atoms. The highest BCUT2D eigenvalue weighted by Gasteiger charge is 2.77. The lowest BCUT2D eigenvalue weighted by Gasteiger charge is -2.71. The molecule has 7 rings (SSSR count). The molecule has 15 atom stereocenters. The van der Waals surface area contributed by atoms with Crippen LogP contribution in [0.15, 0.2) is 0 Å². The van der Waals surface area contributed by atoms with E-state index in [1.165, 1.54) is 0 Å². The summed E-state index contributed by atoms with van der Waals surface area (Å²) in [7, 11) is 3.16. The molecule has 0 radical (unpaired) electrons. The number of rotatable bonds is 8. The van der Waals surface area contributed by atoms with Gasteiger partial charge in [-0.05, 0) is 72.6 Å². The van der Waals surface area contributed by atoms with E-state index in [4.69, 9.17) is 47.4 Å². The Kier molecular flexibility index (Phi) is 9.32. The fraction of sp³-hybridized carbons (Fsp3) is 0.972. The first kappa shape index (κ1) is 36.4. The van der Waals surface area contributed by atoms with Crippen molar-refractivity contribution in [3.63, 3.8) is 0 Å². The zero-order valence-electron chi connectivity index (χ0n) is 30.3. The van der Waals surface area contributed by atoms with Crippen molar-refractivity contribution >= 4 is 0 Å². The number of nitrogens with zero attached hydrogens (tertiary/aromatic N) is 1. The van der Waals surface area contributed by atoms with Crippen LogP contribution in [0.2, 0.25) is 0 Å². The van der Waals surface area contributed by atoms with Gasteiger partial charge >= 0.3 is 0 Å². The minimum atomic E-state index is -1.28. The lowest BCUT2D eigenvalue weighted by molar-refractivity contribution is -0.410. The van der Waals surface area contributed by atoms with Gasteiger partial charge < -0.3 is 57.6 Å². The number of hydrogen-bond acceptors (Lipinski definition) is 13. The molecular formula is C36H57NO12. The quantitative estimate of drug-likeness (QED) is 0.282. The van der Waals surface area contributed by atoms with Gasteiger partial charge in [-0.2, -0.15) is 5.26 Å². The molecule has 4 saturated carbocycles. The van der Waals surface area contributed by atoms with Crippen LogP contribution in [0, 0.1) is 39.9 Å².